The fourth-order valence-corrected chi connectivity index (χ4v) is 4.39. The van der Waals surface area contributed by atoms with Crippen LogP contribution in [0.4, 0.5) is 4.39 Å². The molecular weight excluding hydrogens is 317 g/mol. The van der Waals surface area contributed by atoms with E-state index < -0.39 is 0 Å². The highest BCUT2D eigenvalue weighted by atomic mass is 32.2. The molecule has 3 rings (SSSR count). The van der Waals surface area contributed by atoms with Crippen molar-refractivity contribution in [2.75, 3.05) is 7.11 Å². The Bertz CT molecular complexity index is 661. The number of rotatable bonds is 2. The average molecular weight is 335 g/mol. The van der Waals surface area contributed by atoms with Crippen molar-refractivity contribution in [2.24, 2.45) is 5.92 Å². The van der Waals surface area contributed by atoms with Gasteiger partial charge in [-0.05, 0) is 31.4 Å². The summed E-state index contributed by atoms with van der Waals surface area (Å²) in [5, 5.41) is 3.17. The van der Waals surface area contributed by atoms with Gasteiger partial charge in [-0.25, -0.2) is 4.39 Å². The van der Waals surface area contributed by atoms with Gasteiger partial charge in [0.25, 0.3) is 5.91 Å². The third-order valence-corrected chi connectivity index (χ3v) is 5.76. The molecule has 0 spiro atoms. The molecule has 1 heterocycles. The number of nitrogens with one attached hydrogen (secondary N) is 1. The number of hydrogen-bond acceptors (Lipinski definition) is 4. The smallest absolute Gasteiger partial charge is 0.308 e. The van der Waals surface area contributed by atoms with Gasteiger partial charge in [0.05, 0.1) is 17.9 Å². The van der Waals surface area contributed by atoms with E-state index in [0.29, 0.717) is 16.9 Å². The zero-order valence-corrected chi connectivity index (χ0v) is 13.6. The molecule has 122 valence electrons. The van der Waals surface area contributed by atoms with Crippen molar-refractivity contribution in [3.8, 4) is 0 Å². The first-order chi connectivity index (χ1) is 11.1. The predicted molar refractivity (Wildman–Crippen MR) is 87.0 cm³/mol. The van der Waals surface area contributed by atoms with Crippen molar-refractivity contribution in [1.29, 1.82) is 0 Å². The lowest BCUT2D eigenvalue weighted by Gasteiger charge is -2.38. The standard InChI is InChI=1S/C17H18FNO3S/c1-22-17(21)11-6-7-14-13(8-11)19-16(20)15(23-14)9-10-4-2-3-5-12(10)18/h2-5,9,11,13-14H,6-8H2,1H3,(H,19,20)/b15-9+. The Kier molecular flexibility index (Phi) is 4.71. The summed E-state index contributed by atoms with van der Waals surface area (Å²) in [6, 6.07) is 6.35. The van der Waals surface area contributed by atoms with Crippen LogP contribution >= 0.6 is 11.8 Å². The third kappa shape index (κ3) is 3.42. The van der Waals surface area contributed by atoms with Crippen LogP contribution in [-0.4, -0.2) is 30.3 Å². The number of hydrogen-bond donors (Lipinski definition) is 1. The number of halogens is 1. The number of carbonyl (C=O) groups is 2. The number of thioether (sulfide) groups is 1. The van der Waals surface area contributed by atoms with Gasteiger partial charge < -0.3 is 10.1 Å². The van der Waals surface area contributed by atoms with Gasteiger partial charge in [0.1, 0.15) is 5.82 Å². The summed E-state index contributed by atoms with van der Waals surface area (Å²) in [7, 11) is 1.39. The fourth-order valence-electron chi connectivity index (χ4n) is 3.11. The third-order valence-electron chi connectivity index (χ3n) is 4.33. The molecule has 6 heteroatoms. The van der Waals surface area contributed by atoms with Gasteiger partial charge in [0, 0.05) is 16.9 Å². The lowest BCUT2D eigenvalue weighted by molar-refractivity contribution is -0.147. The first kappa shape index (κ1) is 16.1. The minimum absolute atomic E-state index is 0.0388. The Morgan fingerprint density at radius 3 is 2.91 bits per heavy atom. The lowest BCUT2D eigenvalue weighted by Crippen LogP contribution is -2.50. The highest BCUT2D eigenvalue weighted by Gasteiger charge is 2.39. The second-order valence-corrected chi connectivity index (χ2v) is 7.08. The number of esters is 1. The van der Waals surface area contributed by atoms with E-state index in [1.807, 2.05) is 0 Å². The van der Waals surface area contributed by atoms with Gasteiger partial charge >= 0.3 is 5.97 Å². The number of fused-ring (bicyclic) bond motifs is 1. The van der Waals surface area contributed by atoms with Crippen LogP contribution in [-0.2, 0) is 14.3 Å². The van der Waals surface area contributed by atoms with Crippen molar-refractivity contribution in [1.82, 2.24) is 5.32 Å². The summed E-state index contributed by atoms with van der Waals surface area (Å²) in [6.45, 7) is 0. The van der Waals surface area contributed by atoms with Gasteiger partial charge in [-0.1, -0.05) is 18.2 Å². The lowest BCUT2D eigenvalue weighted by atomic mass is 9.85. The average Bonchev–Trinajstić information content (AvgIpc) is 2.56. The summed E-state index contributed by atoms with van der Waals surface area (Å²) >= 11 is 1.48. The van der Waals surface area contributed by atoms with E-state index in [0.717, 1.165) is 12.8 Å². The van der Waals surface area contributed by atoms with E-state index in [1.54, 1.807) is 24.3 Å². The molecular formula is C17H18FNO3S. The number of methoxy groups -OCH3 is 1. The Morgan fingerprint density at radius 2 is 2.17 bits per heavy atom. The Hall–Kier alpha value is -1.82. The monoisotopic (exact) mass is 335 g/mol. The maximum Gasteiger partial charge on any atom is 0.308 e. The first-order valence-electron chi connectivity index (χ1n) is 7.60. The summed E-state index contributed by atoms with van der Waals surface area (Å²) < 4.78 is 18.5. The van der Waals surface area contributed by atoms with Crippen molar-refractivity contribution < 1.29 is 18.7 Å². The van der Waals surface area contributed by atoms with Crippen molar-refractivity contribution in [3.05, 3.63) is 40.6 Å². The molecule has 2 aliphatic rings. The molecule has 3 unspecified atom stereocenters. The van der Waals surface area contributed by atoms with Crippen molar-refractivity contribution >= 4 is 29.7 Å². The molecule has 1 N–H and O–H groups in total. The van der Waals surface area contributed by atoms with E-state index in [1.165, 1.54) is 24.9 Å². The molecule has 0 bridgehead atoms. The van der Waals surface area contributed by atoms with Crippen LogP contribution < -0.4 is 5.32 Å². The summed E-state index contributed by atoms with van der Waals surface area (Å²) in [4.78, 5) is 24.5. The van der Waals surface area contributed by atoms with E-state index in [4.69, 9.17) is 4.74 Å². The zero-order chi connectivity index (χ0) is 16.4. The second kappa shape index (κ2) is 6.74. The summed E-state index contributed by atoms with van der Waals surface area (Å²) in [5.41, 5.74) is 0.409. The Balaban J connectivity index is 1.74. The molecule has 3 atom stereocenters. The maximum absolute atomic E-state index is 13.7. The molecule has 4 nitrogen and oxygen atoms in total. The predicted octanol–water partition coefficient (Wildman–Crippen LogP) is 2.74. The van der Waals surface area contributed by atoms with Crippen LogP contribution in [0.25, 0.3) is 6.08 Å². The summed E-state index contributed by atoms with van der Waals surface area (Å²) in [5.74, 6) is -0.912. The Morgan fingerprint density at radius 1 is 1.39 bits per heavy atom. The maximum atomic E-state index is 13.7. The molecule has 1 saturated carbocycles. The van der Waals surface area contributed by atoms with E-state index in [9.17, 15) is 14.0 Å². The molecule has 0 radical (unpaired) electrons. The van der Waals surface area contributed by atoms with Crippen LogP contribution in [0, 0.1) is 11.7 Å². The highest BCUT2D eigenvalue weighted by Crippen LogP contribution is 2.40. The van der Waals surface area contributed by atoms with E-state index >= 15 is 0 Å². The van der Waals surface area contributed by atoms with Crippen LogP contribution in [0.3, 0.4) is 0 Å². The molecule has 1 saturated heterocycles. The van der Waals surface area contributed by atoms with Gasteiger partial charge in [-0.3, -0.25) is 9.59 Å². The normalized spacial score (nSPS) is 28.9. The van der Waals surface area contributed by atoms with Crippen LogP contribution in [0.15, 0.2) is 29.2 Å². The molecule has 0 aromatic heterocycles. The summed E-state index contributed by atoms with van der Waals surface area (Å²) in [6.07, 6.45) is 3.77. The van der Waals surface area contributed by atoms with Gasteiger partial charge in [0.15, 0.2) is 0 Å². The molecule has 23 heavy (non-hydrogen) atoms. The Labute approximate surface area is 138 Å². The largest absolute Gasteiger partial charge is 0.469 e. The first-order valence-corrected chi connectivity index (χ1v) is 8.48. The highest BCUT2D eigenvalue weighted by molar-refractivity contribution is 8.04. The van der Waals surface area contributed by atoms with E-state index in [2.05, 4.69) is 5.32 Å². The molecule has 1 amide bonds. The van der Waals surface area contributed by atoms with Crippen LogP contribution in [0.5, 0.6) is 0 Å². The van der Waals surface area contributed by atoms with Crippen molar-refractivity contribution in [2.45, 2.75) is 30.6 Å². The fraction of sp³-hybridized carbons (Fsp3) is 0.412. The molecule has 2 fully saturated rings. The van der Waals surface area contributed by atoms with Crippen LogP contribution in [0.2, 0.25) is 0 Å². The minimum atomic E-state index is -0.343. The number of benzene rings is 1. The second-order valence-electron chi connectivity index (χ2n) is 5.80. The minimum Gasteiger partial charge on any atom is -0.469 e. The van der Waals surface area contributed by atoms with Crippen molar-refractivity contribution in [3.63, 3.8) is 0 Å². The zero-order valence-electron chi connectivity index (χ0n) is 12.8. The van der Waals surface area contributed by atoms with Gasteiger partial charge in [-0.2, -0.15) is 0 Å². The van der Waals surface area contributed by atoms with Gasteiger partial charge in [0.2, 0.25) is 0 Å². The van der Waals surface area contributed by atoms with E-state index in [-0.39, 0.29) is 34.9 Å². The molecule has 1 aliphatic carbocycles. The quantitative estimate of drug-likeness (QED) is 0.667. The topological polar surface area (TPSA) is 55.4 Å². The SMILES string of the molecule is COC(=O)C1CCC2S/C(=C/c3ccccc3F)C(=O)NC2C1. The molecule has 1 aliphatic heterocycles. The van der Waals surface area contributed by atoms with Crippen LogP contribution in [0.1, 0.15) is 24.8 Å². The molecule has 1 aromatic carbocycles. The van der Waals surface area contributed by atoms with Gasteiger partial charge in [-0.15, -0.1) is 11.8 Å². The number of ether oxygens (including phenoxy) is 1. The molecule has 1 aromatic rings. The number of amides is 1. The number of carbonyl (C=O) groups excluding carboxylic acids is 2.